The second kappa shape index (κ2) is 4.54. The van der Waals surface area contributed by atoms with Gasteiger partial charge in [0.25, 0.3) is 0 Å². The molecule has 0 aromatic carbocycles. The molecule has 64 valence electrons. The van der Waals surface area contributed by atoms with Crippen LogP contribution in [-0.2, 0) is 9.53 Å². The zero-order valence-corrected chi connectivity index (χ0v) is 8.64. The molecule has 0 heterocycles. The zero-order chi connectivity index (χ0) is 8.91. The van der Waals surface area contributed by atoms with Crippen LogP contribution in [0, 0.1) is 0 Å². The number of esters is 1. The Bertz CT molecular complexity index is 156. The lowest BCUT2D eigenvalue weighted by Gasteiger charge is -2.07. The number of alkyl halides is 1. The molecule has 0 spiro atoms. The molecule has 0 aliphatic heterocycles. The van der Waals surface area contributed by atoms with Gasteiger partial charge in [0.2, 0.25) is 0 Å². The highest BCUT2D eigenvalue weighted by molar-refractivity contribution is 9.10. The smallest absolute Gasteiger partial charge is 0.330 e. The summed E-state index contributed by atoms with van der Waals surface area (Å²) in [6, 6.07) is 0. The van der Waals surface area contributed by atoms with Crippen molar-refractivity contribution in [2.75, 3.05) is 6.61 Å². The molecule has 0 unspecified atom stereocenters. The molecule has 0 bridgehead atoms. The molecule has 0 saturated heterocycles. The molecule has 0 atom stereocenters. The lowest BCUT2D eigenvalue weighted by Crippen LogP contribution is -2.06. The molecule has 0 aliphatic carbocycles. The lowest BCUT2D eigenvalue weighted by molar-refractivity contribution is -0.137. The van der Waals surface area contributed by atoms with Crippen LogP contribution in [0.15, 0.2) is 12.2 Å². The molecule has 0 aromatic rings. The van der Waals surface area contributed by atoms with Gasteiger partial charge in [-0.2, -0.15) is 0 Å². The van der Waals surface area contributed by atoms with E-state index in [9.17, 15) is 4.79 Å². The number of ether oxygens (including phenoxy) is 1. The Balaban J connectivity index is 3.83. The zero-order valence-electron chi connectivity index (χ0n) is 7.06. The van der Waals surface area contributed by atoms with Crippen molar-refractivity contribution in [1.29, 1.82) is 0 Å². The van der Waals surface area contributed by atoms with Gasteiger partial charge in [0.1, 0.15) is 0 Å². The maximum absolute atomic E-state index is 10.8. The number of hydrogen-bond acceptors (Lipinski definition) is 2. The number of halogens is 1. The van der Waals surface area contributed by atoms with Crippen molar-refractivity contribution in [3.8, 4) is 0 Å². The predicted molar refractivity (Wildman–Crippen MR) is 48.8 cm³/mol. The fraction of sp³-hybridized carbons (Fsp3) is 0.625. The molecule has 0 radical (unpaired) electrons. The molecule has 0 aliphatic rings. The van der Waals surface area contributed by atoms with Crippen molar-refractivity contribution >= 4 is 21.9 Å². The van der Waals surface area contributed by atoms with E-state index in [4.69, 9.17) is 4.74 Å². The molecule has 0 saturated carbocycles. The minimum absolute atomic E-state index is 0.139. The summed E-state index contributed by atoms with van der Waals surface area (Å²) in [6.07, 6.45) is 3.18. The summed E-state index contributed by atoms with van der Waals surface area (Å²) >= 11 is 3.36. The minimum Gasteiger partial charge on any atom is -0.463 e. The van der Waals surface area contributed by atoms with Gasteiger partial charge in [0.15, 0.2) is 0 Å². The van der Waals surface area contributed by atoms with Crippen molar-refractivity contribution < 1.29 is 9.53 Å². The average Bonchev–Trinajstić information content (AvgIpc) is 1.83. The van der Waals surface area contributed by atoms with Crippen LogP contribution in [0.3, 0.4) is 0 Å². The largest absolute Gasteiger partial charge is 0.463 e. The summed E-state index contributed by atoms with van der Waals surface area (Å²) in [5, 5.41) is 0. The Morgan fingerprint density at radius 1 is 1.64 bits per heavy atom. The molecule has 2 nitrogen and oxygen atoms in total. The highest BCUT2D eigenvalue weighted by atomic mass is 79.9. The first kappa shape index (κ1) is 10.7. The van der Waals surface area contributed by atoms with E-state index in [0.29, 0.717) is 6.61 Å². The summed E-state index contributed by atoms with van der Waals surface area (Å²) < 4.78 is 4.55. The minimum atomic E-state index is -0.292. The summed E-state index contributed by atoms with van der Waals surface area (Å²) in [5.41, 5.74) is 0. The van der Waals surface area contributed by atoms with Gasteiger partial charge in [-0.3, -0.25) is 0 Å². The van der Waals surface area contributed by atoms with Crippen molar-refractivity contribution in [1.82, 2.24) is 0 Å². The summed E-state index contributed by atoms with van der Waals surface area (Å²) in [4.78, 5) is 10.8. The van der Waals surface area contributed by atoms with Crippen molar-refractivity contribution in [2.45, 2.75) is 25.1 Å². The molecule has 0 aromatic heterocycles. The second-order valence-electron chi connectivity index (χ2n) is 2.65. The van der Waals surface area contributed by atoms with Gasteiger partial charge in [0.05, 0.1) is 6.61 Å². The number of allylic oxidation sites excluding steroid dienone is 1. The Morgan fingerprint density at radius 3 is 2.55 bits per heavy atom. The number of carbonyl (C=O) groups is 1. The monoisotopic (exact) mass is 220 g/mol. The van der Waals surface area contributed by atoms with E-state index in [0.717, 1.165) is 0 Å². The third-order valence-electron chi connectivity index (χ3n) is 0.902. The van der Waals surface area contributed by atoms with Gasteiger partial charge < -0.3 is 4.74 Å². The maximum atomic E-state index is 10.8. The fourth-order valence-electron chi connectivity index (χ4n) is 0.457. The molecule has 3 heteroatoms. The van der Waals surface area contributed by atoms with Crippen LogP contribution in [0.4, 0.5) is 0 Å². The second-order valence-corrected chi connectivity index (χ2v) is 4.69. The van der Waals surface area contributed by atoms with E-state index in [1.165, 1.54) is 6.08 Å². The number of rotatable bonds is 3. The molecular weight excluding hydrogens is 208 g/mol. The third-order valence-corrected chi connectivity index (χ3v) is 1.17. The Labute approximate surface area is 75.7 Å². The van der Waals surface area contributed by atoms with E-state index in [1.54, 1.807) is 13.0 Å². The standard InChI is InChI=1S/C8H13BrO2/c1-4-11-7(10)5-6-8(2,3)9/h5-6H,4H2,1-3H3. The van der Waals surface area contributed by atoms with Crippen LogP contribution in [0.25, 0.3) is 0 Å². The van der Waals surface area contributed by atoms with Crippen molar-refractivity contribution in [3.05, 3.63) is 12.2 Å². The lowest BCUT2D eigenvalue weighted by atomic mass is 10.2. The molecule has 0 amide bonds. The average molecular weight is 221 g/mol. The van der Waals surface area contributed by atoms with Crippen molar-refractivity contribution in [3.63, 3.8) is 0 Å². The predicted octanol–water partition coefficient (Wildman–Crippen LogP) is 2.28. The van der Waals surface area contributed by atoms with Crippen LogP contribution in [0.5, 0.6) is 0 Å². The highest BCUT2D eigenvalue weighted by Gasteiger charge is 2.07. The Kier molecular flexibility index (Phi) is 4.42. The summed E-state index contributed by atoms with van der Waals surface area (Å²) in [7, 11) is 0. The van der Waals surface area contributed by atoms with Gasteiger partial charge in [-0.25, -0.2) is 4.79 Å². The quantitative estimate of drug-likeness (QED) is 0.415. The van der Waals surface area contributed by atoms with Gasteiger partial charge in [-0.15, -0.1) is 0 Å². The van der Waals surface area contributed by atoms with Gasteiger partial charge >= 0.3 is 5.97 Å². The van der Waals surface area contributed by atoms with Crippen LogP contribution in [0.2, 0.25) is 0 Å². The molecular formula is C8H13BrO2. The number of hydrogen-bond donors (Lipinski definition) is 0. The maximum Gasteiger partial charge on any atom is 0.330 e. The third kappa shape index (κ3) is 7.59. The van der Waals surface area contributed by atoms with Crippen molar-refractivity contribution in [2.24, 2.45) is 0 Å². The van der Waals surface area contributed by atoms with E-state index in [2.05, 4.69) is 15.9 Å². The molecule has 0 fully saturated rings. The highest BCUT2D eigenvalue weighted by Crippen LogP contribution is 2.16. The van der Waals surface area contributed by atoms with E-state index in [1.807, 2.05) is 13.8 Å². The van der Waals surface area contributed by atoms with Gasteiger partial charge in [0, 0.05) is 10.4 Å². The SMILES string of the molecule is CCOC(=O)C=CC(C)(C)Br. The molecule has 11 heavy (non-hydrogen) atoms. The molecule has 0 N–H and O–H groups in total. The summed E-state index contributed by atoms with van der Waals surface area (Å²) in [5.74, 6) is -0.292. The van der Waals surface area contributed by atoms with E-state index < -0.39 is 0 Å². The van der Waals surface area contributed by atoms with Crippen LogP contribution in [0.1, 0.15) is 20.8 Å². The Hall–Kier alpha value is -0.310. The van der Waals surface area contributed by atoms with Crippen LogP contribution in [-0.4, -0.2) is 16.9 Å². The normalized spacial score (nSPS) is 12.0. The first-order valence-corrected chi connectivity index (χ1v) is 4.30. The van der Waals surface area contributed by atoms with Gasteiger partial charge in [-0.05, 0) is 20.8 Å². The summed E-state index contributed by atoms with van der Waals surface area (Å²) in [6.45, 7) is 6.10. The molecule has 0 rings (SSSR count). The fourth-order valence-corrected chi connectivity index (χ4v) is 0.589. The first-order valence-electron chi connectivity index (χ1n) is 3.50. The van der Waals surface area contributed by atoms with E-state index >= 15 is 0 Å². The van der Waals surface area contributed by atoms with E-state index in [-0.39, 0.29) is 10.3 Å². The Morgan fingerprint density at radius 2 is 2.18 bits per heavy atom. The van der Waals surface area contributed by atoms with Crippen LogP contribution >= 0.6 is 15.9 Å². The van der Waals surface area contributed by atoms with Crippen LogP contribution < -0.4 is 0 Å². The number of carbonyl (C=O) groups excluding carboxylic acids is 1. The van der Waals surface area contributed by atoms with Gasteiger partial charge in [-0.1, -0.05) is 22.0 Å². The topological polar surface area (TPSA) is 26.3 Å². The first-order chi connectivity index (χ1) is 4.95.